The number of rotatable bonds is 5. The third-order valence-corrected chi connectivity index (χ3v) is 3.99. The van der Waals surface area contributed by atoms with Crippen molar-refractivity contribution < 1.29 is 14.3 Å². The largest absolute Gasteiger partial charge is 0.375 e. The molecule has 1 aromatic rings. The molecule has 2 amide bonds. The molecule has 0 saturated carbocycles. The maximum Gasteiger partial charge on any atom is 0.249 e. The van der Waals surface area contributed by atoms with E-state index in [1.54, 1.807) is 9.80 Å². The molecule has 1 aliphatic heterocycles. The lowest BCUT2D eigenvalue weighted by Crippen LogP contribution is -2.52. The second-order valence-electron chi connectivity index (χ2n) is 6.00. The van der Waals surface area contributed by atoms with E-state index in [0.717, 1.165) is 11.1 Å². The minimum Gasteiger partial charge on any atom is -0.375 e. The number of piperazine rings is 1. The van der Waals surface area contributed by atoms with Gasteiger partial charge in [-0.15, -0.1) is 0 Å². The highest BCUT2D eigenvalue weighted by Gasteiger charge is 2.26. The number of methoxy groups -OCH3 is 1. The molecule has 1 aromatic carbocycles. The summed E-state index contributed by atoms with van der Waals surface area (Å²) in [5, 5.41) is 7.95. The molecular formula is C17H24N4O3. The summed E-state index contributed by atoms with van der Waals surface area (Å²) in [5.74, 6) is 0.232. The second kappa shape index (κ2) is 7.92. The van der Waals surface area contributed by atoms with Gasteiger partial charge in [0.1, 0.15) is 12.4 Å². The van der Waals surface area contributed by atoms with Crippen LogP contribution in [0.5, 0.6) is 0 Å². The lowest BCUT2D eigenvalue weighted by Gasteiger charge is -2.34. The van der Waals surface area contributed by atoms with Gasteiger partial charge in [-0.25, -0.2) is 0 Å². The van der Waals surface area contributed by atoms with Crippen LogP contribution in [0.1, 0.15) is 11.1 Å². The zero-order valence-corrected chi connectivity index (χ0v) is 14.4. The van der Waals surface area contributed by atoms with Crippen LogP contribution >= 0.6 is 0 Å². The van der Waals surface area contributed by atoms with Crippen molar-refractivity contribution in [3.05, 3.63) is 35.4 Å². The Bertz CT molecular complexity index is 613. The minimum atomic E-state index is -0.156. The molecule has 2 rings (SSSR count). The summed E-state index contributed by atoms with van der Waals surface area (Å²) >= 11 is 0. The number of nitrogens with one attached hydrogen (secondary N) is 1. The van der Waals surface area contributed by atoms with Gasteiger partial charge in [0.25, 0.3) is 0 Å². The summed E-state index contributed by atoms with van der Waals surface area (Å²) in [5.41, 5.74) is 1.85. The highest BCUT2D eigenvalue weighted by Crippen LogP contribution is 2.12. The molecule has 1 saturated heterocycles. The topological polar surface area (TPSA) is 76.9 Å². The number of amides is 2. The summed E-state index contributed by atoms with van der Waals surface area (Å²) in [6.45, 7) is 1.67. The third-order valence-electron chi connectivity index (χ3n) is 3.99. The Morgan fingerprint density at radius 3 is 2.46 bits per heavy atom. The quantitative estimate of drug-likeness (QED) is 0.625. The van der Waals surface area contributed by atoms with Gasteiger partial charge < -0.3 is 19.4 Å². The number of benzene rings is 1. The minimum absolute atomic E-state index is 0.00652. The molecule has 130 valence electrons. The van der Waals surface area contributed by atoms with Crippen molar-refractivity contribution >= 4 is 17.6 Å². The first-order chi connectivity index (χ1) is 11.4. The smallest absolute Gasteiger partial charge is 0.249 e. The molecule has 1 N–H and O–H groups in total. The van der Waals surface area contributed by atoms with Crippen LogP contribution in [0.3, 0.4) is 0 Å². The Kier molecular flexibility index (Phi) is 5.92. The Morgan fingerprint density at radius 1 is 1.25 bits per heavy atom. The maximum atomic E-state index is 12.2. The first-order valence-electron chi connectivity index (χ1n) is 7.82. The van der Waals surface area contributed by atoms with Crippen LogP contribution in [0.25, 0.3) is 0 Å². The number of amidine groups is 1. The van der Waals surface area contributed by atoms with Crippen molar-refractivity contribution in [2.75, 3.05) is 47.4 Å². The summed E-state index contributed by atoms with van der Waals surface area (Å²) in [6, 6.07) is 7.65. The van der Waals surface area contributed by atoms with Crippen LogP contribution in [0, 0.1) is 5.41 Å². The maximum absolute atomic E-state index is 12.2. The number of carbonyl (C=O) groups is 2. The van der Waals surface area contributed by atoms with E-state index in [4.69, 9.17) is 10.1 Å². The number of carbonyl (C=O) groups excluding carboxylic acids is 2. The fourth-order valence-corrected chi connectivity index (χ4v) is 2.55. The van der Waals surface area contributed by atoms with Crippen molar-refractivity contribution in [3.63, 3.8) is 0 Å². The summed E-state index contributed by atoms with van der Waals surface area (Å²) in [4.78, 5) is 29.0. The third kappa shape index (κ3) is 4.32. The highest BCUT2D eigenvalue weighted by molar-refractivity contribution is 5.96. The van der Waals surface area contributed by atoms with E-state index in [2.05, 4.69) is 0 Å². The molecule has 1 aliphatic rings. The molecule has 1 heterocycles. The number of nitrogens with zero attached hydrogens (tertiary/aromatic N) is 3. The van der Waals surface area contributed by atoms with Gasteiger partial charge in [0.2, 0.25) is 11.8 Å². The van der Waals surface area contributed by atoms with Gasteiger partial charge in [-0.05, 0) is 5.56 Å². The van der Waals surface area contributed by atoms with Crippen LogP contribution in [-0.2, 0) is 20.9 Å². The fourth-order valence-electron chi connectivity index (χ4n) is 2.55. The van der Waals surface area contributed by atoms with Gasteiger partial charge in [-0.1, -0.05) is 24.3 Å². The van der Waals surface area contributed by atoms with E-state index >= 15 is 0 Å². The zero-order valence-electron chi connectivity index (χ0n) is 14.4. The molecule has 0 atom stereocenters. The van der Waals surface area contributed by atoms with Crippen LogP contribution in [0.2, 0.25) is 0 Å². The van der Waals surface area contributed by atoms with Crippen molar-refractivity contribution in [1.29, 1.82) is 5.41 Å². The Balaban J connectivity index is 1.94. The Hall–Kier alpha value is -2.41. The molecule has 0 spiro atoms. The SMILES string of the molecule is COCC(=O)N1CCN(Cc2ccc(C(=N)N(C)C)cc2)C(=O)C1. The normalized spacial score (nSPS) is 14.7. The van der Waals surface area contributed by atoms with E-state index in [1.165, 1.54) is 12.0 Å². The van der Waals surface area contributed by atoms with Gasteiger partial charge in [-0.3, -0.25) is 15.0 Å². The van der Waals surface area contributed by atoms with Gasteiger partial charge in [-0.2, -0.15) is 0 Å². The fraction of sp³-hybridized carbons (Fsp3) is 0.471. The number of ether oxygens (including phenoxy) is 1. The van der Waals surface area contributed by atoms with Crippen LogP contribution < -0.4 is 0 Å². The first kappa shape index (κ1) is 17.9. The number of hydrogen-bond donors (Lipinski definition) is 1. The summed E-state index contributed by atoms with van der Waals surface area (Å²) in [6.07, 6.45) is 0. The second-order valence-corrected chi connectivity index (χ2v) is 6.00. The van der Waals surface area contributed by atoms with E-state index < -0.39 is 0 Å². The molecule has 7 heteroatoms. The molecule has 0 aliphatic carbocycles. The van der Waals surface area contributed by atoms with E-state index in [1.807, 2.05) is 38.4 Å². The Labute approximate surface area is 142 Å². The summed E-state index contributed by atoms with van der Waals surface area (Å²) < 4.78 is 4.82. The average molecular weight is 332 g/mol. The predicted octanol–water partition coefficient (Wildman–Crippen LogP) is 0.391. The molecule has 0 bridgehead atoms. The van der Waals surface area contributed by atoms with E-state index in [9.17, 15) is 9.59 Å². The zero-order chi connectivity index (χ0) is 17.7. The van der Waals surface area contributed by atoms with Crippen molar-refractivity contribution in [3.8, 4) is 0 Å². The van der Waals surface area contributed by atoms with E-state index in [-0.39, 0.29) is 25.0 Å². The highest BCUT2D eigenvalue weighted by atomic mass is 16.5. The van der Waals surface area contributed by atoms with Crippen LogP contribution in [-0.4, -0.2) is 79.8 Å². The first-order valence-corrected chi connectivity index (χ1v) is 7.82. The van der Waals surface area contributed by atoms with E-state index in [0.29, 0.717) is 25.5 Å². The number of hydrogen-bond acceptors (Lipinski definition) is 4. The monoisotopic (exact) mass is 332 g/mol. The van der Waals surface area contributed by atoms with Gasteiger partial charge in [0, 0.05) is 46.4 Å². The molecule has 1 fully saturated rings. The molecule has 0 radical (unpaired) electrons. The molecule has 24 heavy (non-hydrogen) atoms. The van der Waals surface area contributed by atoms with Crippen molar-refractivity contribution in [2.24, 2.45) is 0 Å². The Morgan fingerprint density at radius 2 is 1.92 bits per heavy atom. The van der Waals surface area contributed by atoms with Crippen molar-refractivity contribution in [1.82, 2.24) is 14.7 Å². The van der Waals surface area contributed by atoms with Gasteiger partial charge in [0.15, 0.2) is 0 Å². The van der Waals surface area contributed by atoms with Crippen LogP contribution in [0.15, 0.2) is 24.3 Å². The molecular weight excluding hydrogens is 308 g/mol. The standard InChI is InChI=1S/C17H24N4O3/c1-19(2)17(18)14-6-4-13(5-7-14)10-20-8-9-21(11-15(20)22)16(23)12-24-3/h4-7,18H,8-12H2,1-3H3. The van der Waals surface area contributed by atoms with Gasteiger partial charge in [0.05, 0.1) is 6.54 Å². The molecule has 0 aromatic heterocycles. The average Bonchev–Trinajstić information content (AvgIpc) is 2.56. The van der Waals surface area contributed by atoms with Crippen molar-refractivity contribution in [2.45, 2.75) is 6.54 Å². The lowest BCUT2D eigenvalue weighted by atomic mass is 10.1. The summed E-state index contributed by atoms with van der Waals surface area (Å²) in [7, 11) is 5.13. The van der Waals surface area contributed by atoms with Gasteiger partial charge >= 0.3 is 0 Å². The molecule has 7 nitrogen and oxygen atoms in total. The lowest BCUT2D eigenvalue weighted by molar-refractivity contribution is -0.147. The predicted molar refractivity (Wildman–Crippen MR) is 90.8 cm³/mol. The molecule has 0 unspecified atom stereocenters. The van der Waals surface area contributed by atoms with Crippen LogP contribution in [0.4, 0.5) is 0 Å².